The third kappa shape index (κ3) is 3.12. The molecule has 1 fully saturated rings. The number of hydrogen-bond acceptors (Lipinski definition) is 5. The number of carbonyl (C=O) groups is 1. The quantitative estimate of drug-likeness (QED) is 0.741. The van der Waals surface area contributed by atoms with Crippen LogP contribution in [0.15, 0.2) is 24.4 Å². The first kappa shape index (κ1) is 15.8. The van der Waals surface area contributed by atoms with Gasteiger partial charge in [-0.05, 0) is 51.2 Å². The summed E-state index contributed by atoms with van der Waals surface area (Å²) in [7, 11) is 2.12. The minimum Gasteiger partial charge on any atom is -0.369 e. The number of likely N-dealkylation sites (tertiary alicyclic amines) is 1. The first-order valence-electron chi connectivity index (χ1n) is 8.47. The highest BCUT2D eigenvalue weighted by molar-refractivity contribution is 5.78. The van der Waals surface area contributed by atoms with Crippen molar-refractivity contribution in [2.24, 2.45) is 5.73 Å². The van der Waals surface area contributed by atoms with Crippen molar-refractivity contribution in [1.82, 2.24) is 29.6 Å². The number of rotatable bonds is 4. The molecule has 130 valence electrons. The SMILES string of the molecule is CN1CCC(n2nc(CC(N)=O)nc2-c2ccc3cc[nH]c3n2)CC1. The molecule has 0 radical (unpaired) electrons. The maximum atomic E-state index is 11.3. The van der Waals surface area contributed by atoms with Crippen molar-refractivity contribution in [2.45, 2.75) is 25.3 Å². The Hall–Kier alpha value is -2.74. The van der Waals surface area contributed by atoms with Crippen molar-refractivity contribution in [3.63, 3.8) is 0 Å². The molecule has 0 spiro atoms. The van der Waals surface area contributed by atoms with Gasteiger partial charge in [0.25, 0.3) is 0 Å². The van der Waals surface area contributed by atoms with E-state index in [0.29, 0.717) is 11.6 Å². The molecule has 1 aliphatic rings. The van der Waals surface area contributed by atoms with Gasteiger partial charge in [0.05, 0.1) is 12.5 Å². The molecule has 4 rings (SSSR count). The molecule has 1 aliphatic heterocycles. The van der Waals surface area contributed by atoms with Gasteiger partial charge < -0.3 is 15.6 Å². The lowest BCUT2D eigenvalue weighted by atomic mass is 10.1. The second-order valence-electron chi connectivity index (χ2n) is 6.59. The maximum absolute atomic E-state index is 11.3. The Balaban J connectivity index is 1.75. The van der Waals surface area contributed by atoms with Gasteiger partial charge in [-0.3, -0.25) is 4.79 Å². The van der Waals surface area contributed by atoms with E-state index in [0.717, 1.165) is 42.7 Å². The van der Waals surface area contributed by atoms with Crippen LogP contribution in [0.2, 0.25) is 0 Å². The fraction of sp³-hybridized carbons (Fsp3) is 0.412. The second kappa shape index (κ2) is 6.29. The van der Waals surface area contributed by atoms with Crippen LogP contribution in [0.25, 0.3) is 22.6 Å². The van der Waals surface area contributed by atoms with Crippen molar-refractivity contribution in [1.29, 1.82) is 0 Å². The molecule has 1 saturated heterocycles. The van der Waals surface area contributed by atoms with Crippen LogP contribution in [-0.4, -0.2) is 55.7 Å². The van der Waals surface area contributed by atoms with Crippen LogP contribution in [0.1, 0.15) is 24.7 Å². The van der Waals surface area contributed by atoms with E-state index >= 15 is 0 Å². The zero-order chi connectivity index (χ0) is 17.4. The van der Waals surface area contributed by atoms with Crippen LogP contribution in [-0.2, 0) is 11.2 Å². The first-order chi connectivity index (χ1) is 12.1. The number of hydrogen-bond donors (Lipinski definition) is 2. The van der Waals surface area contributed by atoms with E-state index in [9.17, 15) is 4.79 Å². The number of piperidine rings is 1. The molecule has 3 aromatic rings. The van der Waals surface area contributed by atoms with E-state index in [1.807, 2.05) is 29.1 Å². The standard InChI is InChI=1S/C17H21N7O/c1-23-8-5-12(6-9-23)24-17(21-15(22-24)10-14(18)25)13-3-2-11-4-7-19-16(11)20-13/h2-4,7,12H,5-6,8-10H2,1H3,(H2,18,25)(H,19,20). The summed E-state index contributed by atoms with van der Waals surface area (Å²) in [5.41, 5.74) is 6.88. The number of nitrogens with one attached hydrogen (secondary N) is 1. The molecule has 25 heavy (non-hydrogen) atoms. The molecule has 0 bridgehead atoms. The smallest absolute Gasteiger partial charge is 0.225 e. The summed E-state index contributed by atoms with van der Waals surface area (Å²) in [6.45, 7) is 2.02. The summed E-state index contributed by atoms with van der Waals surface area (Å²) in [5.74, 6) is 0.719. The van der Waals surface area contributed by atoms with Crippen LogP contribution in [0.4, 0.5) is 0 Å². The van der Waals surface area contributed by atoms with Gasteiger partial charge in [0.15, 0.2) is 11.6 Å². The van der Waals surface area contributed by atoms with Crippen LogP contribution >= 0.6 is 0 Å². The van der Waals surface area contributed by atoms with Gasteiger partial charge in [-0.15, -0.1) is 0 Å². The Morgan fingerprint density at radius 3 is 2.84 bits per heavy atom. The van der Waals surface area contributed by atoms with Gasteiger partial charge >= 0.3 is 0 Å². The number of carbonyl (C=O) groups excluding carboxylic acids is 1. The average Bonchev–Trinajstić information content (AvgIpc) is 3.21. The third-order valence-electron chi connectivity index (χ3n) is 4.68. The van der Waals surface area contributed by atoms with Crippen LogP contribution in [0.3, 0.4) is 0 Å². The minimum atomic E-state index is -0.431. The van der Waals surface area contributed by atoms with Gasteiger partial charge in [0, 0.05) is 11.6 Å². The second-order valence-corrected chi connectivity index (χ2v) is 6.59. The molecule has 0 saturated carbocycles. The third-order valence-corrected chi connectivity index (χ3v) is 4.68. The van der Waals surface area contributed by atoms with Gasteiger partial charge in [0.1, 0.15) is 11.3 Å². The van der Waals surface area contributed by atoms with E-state index in [-0.39, 0.29) is 12.5 Å². The number of amides is 1. The van der Waals surface area contributed by atoms with Crippen molar-refractivity contribution in [2.75, 3.05) is 20.1 Å². The lowest BCUT2D eigenvalue weighted by molar-refractivity contribution is -0.117. The fourth-order valence-electron chi connectivity index (χ4n) is 3.32. The number of fused-ring (bicyclic) bond motifs is 1. The van der Waals surface area contributed by atoms with E-state index in [4.69, 9.17) is 5.73 Å². The van der Waals surface area contributed by atoms with Crippen molar-refractivity contribution in [3.8, 4) is 11.5 Å². The molecule has 4 heterocycles. The molecular formula is C17H21N7O. The van der Waals surface area contributed by atoms with Crippen LogP contribution in [0, 0.1) is 0 Å². The van der Waals surface area contributed by atoms with Crippen molar-refractivity contribution in [3.05, 3.63) is 30.2 Å². The molecule has 0 atom stereocenters. The Labute approximate surface area is 145 Å². The van der Waals surface area contributed by atoms with E-state index in [1.54, 1.807) is 0 Å². The molecule has 8 nitrogen and oxygen atoms in total. The summed E-state index contributed by atoms with van der Waals surface area (Å²) in [4.78, 5) is 26.0. The lowest BCUT2D eigenvalue weighted by Crippen LogP contribution is -2.32. The van der Waals surface area contributed by atoms with Crippen LogP contribution < -0.4 is 5.73 Å². The summed E-state index contributed by atoms with van der Waals surface area (Å²) in [6.07, 6.45) is 3.89. The van der Waals surface area contributed by atoms with E-state index < -0.39 is 5.91 Å². The molecule has 0 aliphatic carbocycles. The molecule has 8 heteroatoms. The monoisotopic (exact) mass is 339 g/mol. The molecule has 3 N–H and O–H groups in total. The highest BCUT2D eigenvalue weighted by Crippen LogP contribution is 2.27. The van der Waals surface area contributed by atoms with Gasteiger partial charge in [-0.25, -0.2) is 14.6 Å². The maximum Gasteiger partial charge on any atom is 0.225 e. The highest BCUT2D eigenvalue weighted by atomic mass is 16.1. The van der Waals surface area contributed by atoms with Gasteiger partial charge in [-0.1, -0.05) is 0 Å². The number of nitrogens with two attached hydrogens (primary N) is 1. The average molecular weight is 339 g/mol. The summed E-state index contributed by atoms with van der Waals surface area (Å²) >= 11 is 0. The van der Waals surface area contributed by atoms with Crippen LogP contribution in [0.5, 0.6) is 0 Å². The summed E-state index contributed by atoms with van der Waals surface area (Å²) in [6, 6.07) is 6.18. The predicted octanol–water partition coefficient (Wildman–Crippen LogP) is 1.12. The molecule has 3 aromatic heterocycles. The normalized spacial score (nSPS) is 16.5. The molecule has 0 aromatic carbocycles. The number of primary amides is 1. The number of H-pyrrole nitrogens is 1. The van der Waals surface area contributed by atoms with Crippen molar-refractivity contribution >= 4 is 16.9 Å². The Bertz CT molecular complexity index is 905. The Kier molecular flexibility index (Phi) is 3.96. The van der Waals surface area contributed by atoms with Gasteiger partial charge in [-0.2, -0.15) is 5.10 Å². The molecular weight excluding hydrogens is 318 g/mol. The molecule has 1 amide bonds. The fourth-order valence-corrected chi connectivity index (χ4v) is 3.32. The topological polar surface area (TPSA) is 106 Å². The Morgan fingerprint density at radius 2 is 2.08 bits per heavy atom. The molecule has 0 unspecified atom stereocenters. The number of nitrogens with zero attached hydrogens (tertiary/aromatic N) is 5. The zero-order valence-corrected chi connectivity index (χ0v) is 14.1. The predicted molar refractivity (Wildman–Crippen MR) is 93.8 cm³/mol. The zero-order valence-electron chi connectivity index (χ0n) is 14.1. The number of aromatic nitrogens is 5. The van der Waals surface area contributed by atoms with Crippen molar-refractivity contribution < 1.29 is 4.79 Å². The summed E-state index contributed by atoms with van der Waals surface area (Å²) < 4.78 is 1.93. The minimum absolute atomic E-state index is 0.0391. The number of pyridine rings is 1. The Morgan fingerprint density at radius 1 is 1.28 bits per heavy atom. The largest absolute Gasteiger partial charge is 0.369 e. The van der Waals surface area contributed by atoms with E-state index in [1.165, 1.54) is 0 Å². The van der Waals surface area contributed by atoms with E-state index in [2.05, 4.69) is 32.0 Å². The summed E-state index contributed by atoms with van der Waals surface area (Å²) in [5, 5.41) is 5.63. The highest BCUT2D eigenvalue weighted by Gasteiger charge is 2.24. The lowest BCUT2D eigenvalue weighted by Gasteiger charge is -2.29. The first-order valence-corrected chi connectivity index (χ1v) is 8.47. The number of aromatic amines is 1. The van der Waals surface area contributed by atoms with Gasteiger partial charge in [0.2, 0.25) is 5.91 Å².